The first-order valence-electron chi connectivity index (χ1n) is 9.45. The van der Waals surface area contributed by atoms with E-state index in [2.05, 4.69) is 15.3 Å². The summed E-state index contributed by atoms with van der Waals surface area (Å²) in [5.41, 5.74) is 3.04. The highest BCUT2D eigenvalue weighted by Crippen LogP contribution is 2.22. The lowest BCUT2D eigenvalue weighted by Crippen LogP contribution is -1.99. The van der Waals surface area contributed by atoms with Crippen molar-refractivity contribution in [2.75, 3.05) is 0 Å². The summed E-state index contributed by atoms with van der Waals surface area (Å²) in [6.07, 6.45) is 3.32. The van der Waals surface area contributed by atoms with Crippen molar-refractivity contribution < 1.29 is 4.74 Å². The molecule has 0 saturated heterocycles. The van der Waals surface area contributed by atoms with Crippen molar-refractivity contribution in [3.05, 3.63) is 106 Å². The zero-order chi connectivity index (χ0) is 21.5. The second kappa shape index (κ2) is 10.5. The molecule has 4 rings (SSSR count). The van der Waals surface area contributed by atoms with Gasteiger partial charge in [-0.2, -0.15) is 9.78 Å². The van der Waals surface area contributed by atoms with Gasteiger partial charge < -0.3 is 4.74 Å². The molecular formula is C23H18Cl2N4OS. The van der Waals surface area contributed by atoms with E-state index < -0.39 is 0 Å². The fourth-order valence-electron chi connectivity index (χ4n) is 2.71. The zero-order valence-corrected chi connectivity index (χ0v) is 18.7. The van der Waals surface area contributed by atoms with Gasteiger partial charge in [0.15, 0.2) is 0 Å². The highest BCUT2D eigenvalue weighted by atomic mass is 35.5. The normalized spacial score (nSPS) is 11.2. The average molecular weight is 469 g/mol. The van der Waals surface area contributed by atoms with E-state index in [1.165, 1.54) is 0 Å². The summed E-state index contributed by atoms with van der Waals surface area (Å²) in [7, 11) is 0. The molecule has 5 nitrogen and oxygen atoms in total. The summed E-state index contributed by atoms with van der Waals surface area (Å²) in [4.78, 5) is 0. The van der Waals surface area contributed by atoms with Crippen LogP contribution in [0.3, 0.4) is 0 Å². The van der Waals surface area contributed by atoms with Gasteiger partial charge in [-0.25, -0.2) is 0 Å². The van der Waals surface area contributed by atoms with Crippen molar-refractivity contribution >= 4 is 41.2 Å². The van der Waals surface area contributed by atoms with E-state index in [4.69, 9.17) is 27.9 Å². The van der Waals surface area contributed by atoms with Gasteiger partial charge in [0.05, 0.1) is 6.21 Å². The van der Waals surface area contributed by atoms with Crippen molar-refractivity contribution in [1.82, 2.24) is 14.9 Å². The predicted octanol–water partition coefficient (Wildman–Crippen LogP) is 6.34. The molecule has 0 atom stereocenters. The molecule has 1 aromatic heterocycles. The molecule has 0 aliphatic carbocycles. The first-order valence-corrected chi connectivity index (χ1v) is 11.2. The quantitative estimate of drug-likeness (QED) is 0.223. The summed E-state index contributed by atoms with van der Waals surface area (Å²) in [5.74, 6) is 1.48. The molecule has 156 valence electrons. The summed E-state index contributed by atoms with van der Waals surface area (Å²) >= 11 is 13.4. The highest BCUT2D eigenvalue weighted by Gasteiger charge is 2.06. The standard InChI is InChI=1S/C23H18Cl2N4OS/c24-20-9-5-17(6-10-20)14-30-22-4-2-1-3-19(22)13-27-29-16-26-28-23(29)31-15-18-7-11-21(25)12-8-18/h1-13,16H,14-15H2/b27-13+. The molecule has 0 fully saturated rings. The minimum absolute atomic E-state index is 0.441. The molecule has 1 heterocycles. The van der Waals surface area contributed by atoms with Gasteiger partial charge in [-0.05, 0) is 47.5 Å². The molecule has 0 N–H and O–H groups in total. The third kappa shape index (κ3) is 6.10. The molecule has 0 saturated carbocycles. The van der Waals surface area contributed by atoms with Gasteiger partial charge in [0, 0.05) is 21.4 Å². The third-order valence-corrected chi connectivity index (χ3v) is 5.84. The van der Waals surface area contributed by atoms with Crippen LogP contribution in [0.4, 0.5) is 0 Å². The van der Waals surface area contributed by atoms with Crippen LogP contribution in [0.1, 0.15) is 16.7 Å². The third-order valence-electron chi connectivity index (χ3n) is 4.33. The topological polar surface area (TPSA) is 52.3 Å². The Morgan fingerprint density at radius 2 is 1.58 bits per heavy atom. The summed E-state index contributed by atoms with van der Waals surface area (Å²) in [6.45, 7) is 0.441. The number of hydrogen-bond donors (Lipinski definition) is 0. The number of para-hydroxylation sites is 1. The highest BCUT2D eigenvalue weighted by molar-refractivity contribution is 7.98. The number of benzene rings is 3. The molecule has 0 bridgehead atoms. The van der Waals surface area contributed by atoms with Crippen LogP contribution in [0.15, 0.2) is 89.4 Å². The summed E-state index contributed by atoms with van der Waals surface area (Å²) < 4.78 is 7.64. The maximum absolute atomic E-state index is 5.99. The van der Waals surface area contributed by atoms with Crippen LogP contribution < -0.4 is 4.74 Å². The Hall–Kier alpha value is -2.80. The molecular weight excluding hydrogens is 451 g/mol. The van der Waals surface area contributed by atoms with E-state index in [-0.39, 0.29) is 0 Å². The van der Waals surface area contributed by atoms with Crippen molar-refractivity contribution in [2.24, 2.45) is 5.10 Å². The molecule has 0 radical (unpaired) electrons. The first-order chi connectivity index (χ1) is 15.2. The van der Waals surface area contributed by atoms with E-state index >= 15 is 0 Å². The van der Waals surface area contributed by atoms with Crippen LogP contribution in [-0.4, -0.2) is 21.1 Å². The van der Waals surface area contributed by atoms with Crippen molar-refractivity contribution in [2.45, 2.75) is 17.5 Å². The number of hydrogen-bond acceptors (Lipinski definition) is 5. The van der Waals surface area contributed by atoms with E-state index in [0.29, 0.717) is 16.8 Å². The zero-order valence-electron chi connectivity index (χ0n) is 16.4. The van der Waals surface area contributed by atoms with Crippen LogP contribution >= 0.6 is 35.0 Å². The van der Waals surface area contributed by atoms with Gasteiger partial charge in [0.1, 0.15) is 18.7 Å². The Kier molecular flexibility index (Phi) is 7.25. The lowest BCUT2D eigenvalue weighted by atomic mass is 10.2. The molecule has 0 amide bonds. The predicted molar refractivity (Wildman–Crippen MR) is 126 cm³/mol. The maximum Gasteiger partial charge on any atom is 0.212 e. The fourth-order valence-corrected chi connectivity index (χ4v) is 3.78. The first kappa shape index (κ1) is 21.4. The monoisotopic (exact) mass is 468 g/mol. The number of thioether (sulfide) groups is 1. The van der Waals surface area contributed by atoms with E-state index in [1.807, 2.05) is 72.8 Å². The van der Waals surface area contributed by atoms with Gasteiger partial charge in [0.2, 0.25) is 5.16 Å². The molecule has 31 heavy (non-hydrogen) atoms. The number of ether oxygens (including phenoxy) is 1. The van der Waals surface area contributed by atoms with Gasteiger partial charge in [0.25, 0.3) is 0 Å². The van der Waals surface area contributed by atoms with E-state index in [0.717, 1.165) is 33.2 Å². The summed E-state index contributed by atoms with van der Waals surface area (Å²) in [6, 6.07) is 23.1. The van der Waals surface area contributed by atoms with Crippen LogP contribution in [-0.2, 0) is 12.4 Å². The Labute approximate surface area is 194 Å². The largest absolute Gasteiger partial charge is 0.488 e. The van der Waals surface area contributed by atoms with Gasteiger partial charge in [-0.3, -0.25) is 0 Å². The molecule has 8 heteroatoms. The van der Waals surface area contributed by atoms with Gasteiger partial charge >= 0.3 is 0 Å². The van der Waals surface area contributed by atoms with E-state index in [9.17, 15) is 0 Å². The fraction of sp³-hybridized carbons (Fsp3) is 0.0870. The number of nitrogens with zero attached hydrogens (tertiary/aromatic N) is 4. The molecule has 0 unspecified atom stereocenters. The Balaban J connectivity index is 1.42. The molecule has 0 aliphatic heterocycles. The Bertz CT molecular complexity index is 1160. The Morgan fingerprint density at radius 1 is 0.903 bits per heavy atom. The minimum atomic E-state index is 0.441. The SMILES string of the molecule is Clc1ccc(COc2ccccc2/C=N/n2cnnc2SCc2ccc(Cl)cc2)cc1. The molecule has 4 aromatic rings. The van der Waals surface area contributed by atoms with Crippen molar-refractivity contribution in [1.29, 1.82) is 0 Å². The molecule has 0 spiro atoms. The second-order valence-corrected chi connectivity index (χ2v) is 8.39. The van der Waals surface area contributed by atoms with Gasteiger partial charge in [-0.15, -0.1) is 10.2 Å². The lowest BCUT2D eigenvalue weighted by molar-refractivity contribution is 0.306. The average Bonchev–Trinajstić information content (AvgIpc) is 3.25. The van der Waals surface area contributed by atoms with Crippen LogP contribution in [0, 0.1) is 0 Å². The van der Waals surface area contributed by atoms with E-state index in [1.54, 1.807) is 29.0 Å². The smallest absolute Gasteiger partial charge is 0.212 e. The molecule has 3 aromatic carbocycles. The summed E-state index contributed by atoms with van der Waals surface area (Å²) in [5, 5.41) is 14.8. The van der Waals surface area contributed by atoms with Gasteiger partial charge in [-0.1, -0.05) is 71.4 Å². The number of rotatable bonds is 8. The van der Waals surface area contributed by atoms with Crippen LogP contribution in [0.5, 0.6) is 5.75 Å². The van der Waals surface area contributed by atoms with Crippen molar-refractivity contribution in [3.8, 4) is 5.75 Å². The number of aromatic nitrogens is 3. The van der Waals surface area contributed by atoms with Crippen LogP contribution in [0.2, 0.25) is 10.0 Å². The van der Waals surface area contributed by atoms with Crippen molar-refractivity contribution in [3.63, 3.8) is 0 Å². The maximum atomic E-state index is 5.99. The molecule has 0 aliphatic rings. The van der Waals surface area contributed by atoms with Crippen LogP contribution in [0.25, 0.3) is 0 Å². The second-order valence-electron chi connectivity index (χ2n) is 6.57. The Morgan fingerprint density at radius 3 is 2.32 bits per heavy atom. The lowest BCUT2D eigenvalue weighted by Gasteiger charge is -2.09. The number of halogens is 2. The minimum Gasteiger partial charge on any atom is -0.488 e.